The molecule has 0 aliphatic carbocycles. The lowest BCUT2D eigenvalue weighted by Gasteiger charge is -2.49. The number of alkyl halides is 2. The van der Waals surface area contributed by atoms with Crippen LogP contribution in [0.5, 0.6) is 5.75 Å². The molecule has 15 heteroatoms. The molecule has 3 fully saturated rings. The molecule has 2 N–H and O–H groups in total. The topological polar surface area (TPSA) is 117 Å². The quantitative estimate of drug-likeness (QED) is 0.273. The predicted molar refractivity (Wildman–Crippen MR) is 195 cm³/mol. The van der Waals surface area contributed by atoms with Gasteiger partial charge in [-0.1, -0.05) is 12.1 Å². The molecule has 3 saturated heterocycles. The van der Waals surface area contributed by atoms with Gasteiger partial charge >= 0.3 is 0 Å². The largest absolute Gasteiger partial charge is 0.508 e. The minimum atomic E-state index is -2.71. The number of carbonyl (C=O) groups is 4. The van der Waals surface area contributed by atoms with E-state index in [1.807, 2.05) is 26.8 Å². The van der Waals surface area contributed by atoms with Crippen molar-refractivity contribution in [1.82, 2.24) is 24.9 Å². The molecule has 56 heavy (non-hydrogen) atoms. The zero-order valence-corrected chi connectivity index (χ0v) is 30.9. The van der Waals surface area contributed by atoms with Gasteiger partial charge in [0.1, 0.15) is 23.4 Å². The standard InChI is InChI=1S/C41H42F4N6O5/c1-22-8-23-10-28(52)2-3-29(23)38(50(22)17-34(44)45)37-31(42)12-27(13-32(37)43)49-20-41(21-49)6-7-48(19-41)36(54)18-47-14-24-9-26-16-51(33-4-5-35(53)46-39(33)55)40(56)30(26)11-25(24)15-47/h2-3,9-13,22,33-34,38,52H,4-8,14-21H2,1H3,(H,46,53,55)/t22-,33?,38+/m1/s1. The molecule has 3 aromatic carbocycles. The molecule has 0 aromatic heterocycles. The number of rotatable bonds is 7. The number of piperidine rings is 1. The van der Waals surface area contributed by atoms with Gasteiger partial charge in [-0.05, 0) is 84.3 Å². The van der Waals surface area contributed by atoms with Gasteiger partial charge < -0.3 is 19.8 Å². The number of hydrogen-bond donors (Lipinski definition) is 2. The van der Waals surface area contributed by atoms with E-state index in [0.717, 1.165) is 23.1 Å². The van der Waals surface area contributed by atoms with Gasteiger partial charge in [0.05, 0.1) is 19.1 Å². The fourth-order valence-corrected chi connectivity index (χ4v) is 9.98. The monoisotopic (exact) mass is 774 g/mol. The molecule has 0 saturated carbocycles. The molecule has 3 atom stereocenters. The van der Waals surface area contributed by atoms with E-state index in [9.17, 15) is 33.1 Å². The number of phenols is 1. The van der Waals surface area contributed by atoms with Crippen LogP contribution in [0.25, 0.3) is 0 Å². The summed E-state index contributed by atoms with van der Waals surface area (Å²) >= 11 is 0. The molecular formula is C41H42F4N6O5. The summed E-state index contributed by atoms with van der Waals surface area (Å²) in [6.45, 7) is 4.77. The van der Waals surface area contributed by atoms with Crippen LogP contribution in [-0.2, 0) is 40.4 Å². The smallest absolute Gasteiger partial charge is 0.255 e. The van der Waals surface area contributed by atoms with E-state index in [4.69, 9.17) is 0 Å². The average Bonchev–Trinajstić information content (AvgIpc) is 3.82. The Balaban J connectivity index is 0.825. The summed E-state index contributed by atoms with van der Waals surface area (Å²) in [5.74, 6) is -2.66. The first-order valence-electron chi connectivity index (χ1n) is 19.1. The molecule has 3 aromatic rings. The minimum Gasteiger partial charge on any atom is -0.508 e. The Morgan fingerprint density at radius 2 is 1.68 bits per heavy atom. The number of halogens is 4. The zero-order valence-electron chi connectivity index (χ0n) is 30.9. The number of imide groups is 1. The second kappa shape index (κ2) is 13.6. The summed E-state index contributed by atoms with van der Waals surface area (Å²) in [4.78, 5) is 59.6. The lowest BCUT2D eigenvalue weighted by Crippen LogP contribution is -2.58. The second-order valence-electron chi connectivity index (χ2n) is 16.5. The van der Waals surface area contributed by atoms with E-state index in [1.54, 1.807) is 13.0 Å². The summed E-state index contributed by atoms with van der Waals surface area (Å²) in [5, 5.41) is 12.4. The van der Waals surface area contributed by atoms with Gasteiger partial charge in [-0.15, -0.1) is 0 Å². The predicted octanol–water partition coefficient (Wildman–Crippen LogP) is 4.09. The van der Waals surface area contributed by atoms with E-state index >= 15 is 8.78 Å². The number of fused-ring (bicyclic) bond motifs is 3. The maximum atomic E-state index is 16.0. The summed E-state index contributed by atoms with van der Waals surface area (Å²) in [6, 6.07) is 8.67. The van der Waals surface area contributed by atoms with Crippen LogP contribution in [0.2, 0.25) is 0 Å². The van der Waals surface area contributed by atoms with E-state index in [2.05, 4.69) is 5.32 Å². The minimum absolute atomic E-state index is 0.00165. The summed E-state index contributed by atoms with van der Waals surface area (Å²) in [7, 11) is 0. The molecule has 4 amide bonds. The van der Waals surface area contributed by atoms with Gasteiger partial charge in [0.15, 0.2) is 0 Å². The van der Waals surface area contributed by atoms with Crippen molar-refractivity contribution in [2.75, 3.05) is 44.2 Å². The number of aromatic hydroxyl groups is 1. The van der Waals surface area contributed by atoms with Crippen LogP contribution in [0.3, 0.4) is 0 Å². The van der Waals surface area contributed by atoms with Crippen molar-refractivity contribution in [2.24, 2.45) is 5.41 Å². The number of anilines is 1. The molecule has 294 valence electrons. The van der Waals surface area contributed by atoms with Crippen molar-refractivity contribution in [1.29, 1.82) is 0 Å². The summed E-state index contributed by atoms with van der Waals surface area (Å²) in [6.07, 6.45) is -1.11. The highest BCUT2D eigenvalue weighted by atomic mass is 19.3. The number of nitrogens with one attached hydrogen (secondary N) is 1. The van der Waals surface area contributed by atoms with E-state index < -0.39 is 48.6 Å². The first-order valence-corrected chi connectivity index (χ1v) is 19.1. The number of nitrogens with zero attached hydrogens (tertiary/aromatic N) is 5. The van der Waals surface area contributed by atoms with Crippen molar-refractivity contribution in [3.05, 3.63) is 93.0 Å². The van der Waals surface area contributed by atoms with Crippen LogP contribution in [0, 0.1) is 17.0 Å². The number of amides is 4. The van der Waals surface area contributed by atoms with Crippen LogP contribution in [0.15, 0.2) is 42.5 Å². The van der Waals surface area contributed by atoms with Crippen LogP contribution in [-0.4, -0.2) is 106 Å². The Labute approximate surface area is 320 Å². The summed E-state index contributed by atoms with van der Waals surface area (Å²) in [5.41, 5.74) is 4.39. The SMILES string of the molecule is C[C@@H]1Cc2cc(O)ccc2[C@@H](c2c(F)cc(N3CC4(CCN(C(=O)CN5Cc6cc7c(cc6C5)C(=O)N(C5CCC(=O)NC5=O)C7)C4)C3)cc2F)N1CC(F)F. The molecular weight excluding hydrogens is 732 g/mol. The van der Waals surface area contributed by atoms with Crippen molar-refractivity contribution in [3.8, 4) is 5.75 Å². The highest BCUT2D eigenvalue weighted by molar-refractivity contribution is 6.05. The Kier molecular flexibility index (Phi) is 8.87. The Morgan fingerprint density at radius 3 is 2.39 bits per heavy atom. The lowest BCUT2D eigenvalue weighted by atomic mass is 9.78. The van der Waals surface area contributed by atoms with Gasteiger partial charge in [0.2, 0.25) is 17.7 Å². The molecule has 9 rings (SSSR count). The van der Waals surface area contributed by atoms with Crippen LogP contribution in [0.1, 0.15) is 76.0 Å². The van der Waals surface area contributed by atoms with E-state index in [0.29, 0.717) is 81.0 Å². The van der Waals surface area contributed by atoms with Crippen molar-refractivity contribution in [2.45, 2.75) is 76.8 Å². The van der Waals surface area contributed by atoms with E-state index in [1.165, 1.54) is 34.1 Å². The highest BCUT2D eigenvalue weighted by Crippen LogP contribution is 2.45. The van der Waals surface area contributed by atoms with Gasteiger partial charge in [-0.25, -0.2) is 17.6 Å². The first-order chi connectivity index (χ1) is 26.8. The maximum Gasteiger partial charge on any atom is 0.255 e. The molecule has 6 heterocycles. The Hall–Kier alpha value is -5.02. The van der Waals surface area contributed by atoms with Crippen LogP contribution in [0.4, 0.5) is 23.2 Å². The molecule has 11 nitrogen and oxygen atoms in total. The molecule has 1 spiro atoms. The molecule has 6 aliphatic heterocycles. The zero-order chi connectivity index (χ0) is 39.2. The maximum absolute atomic E-state index is 16.0. The molecule has 0 bridgehead atoms. The molecule has 6 aliphatic rings. The normalized spacial score (nSPS) is 24.5. The van der Waals surface area contributed by atoms with Gasteiger partial charge in [0.25, 0.3) is 12.3 Å². The number of likely N-dealkylation sites (tertiary alicyclic amines) is 1. The van der Waals surface area contributed by atoms with E-state index in [-0.39, 0.29) is 47.4 Å². The number of carbonyl (C=O) groups excluding carboxylic acids is 4. The number of hydrogen-bond acceptors (Lipinski definition) is 8. The Morgan fingerprint density at radius 1 is 0.946 bits per heavy atom. The fraction of sp³-hybridized carbons (Fsp3) is 0.463. The lowest BCUT2D eigenvalue weighted by molar-refractivity contribution is -0.137. The number of benzene rings is 3. The first kappa shape index (κ1) is 36.6. The highest BCUT2D eigenvalue weighted by Gasteiger charge is 2.49. The number of phenolic OH excluding ortho intramolecular Hbond substituents is 1. The second-order valence-corrected chi connectivity index (χ2v) is 16.5. The van der Waals surface area contributed by atoms with Crippen molar-refractivity contribution in [3.63, 3.8) is 0 Å². The van der Waals surface area contributed by atoms with Gasteiger partial charge in [0, 0.05) is 80.5 Å². The molecule has 0 radical (unpaired) electrons. The third kappa shape index (κ3) is 6.28. The van der Waals surface area contributed by atoms with Crippen LogP contribution < -0.4 is 10.2 Å². The summed E-state index contributed by atoms with van der Waals surface area (Å²) < 4.78 is 59.5. The third-order valence-electron chi connectivity index (χ3n) is 12.7. The van der Waals surface area contributed by atoms with Gasteiger partial charge in [-0.2, -0.15) is 0 Å². The molecule has 1 unspecified atom stereocenters. The van der Waals surface area contributed by atoms with Gasteiger partial charge in [-0.3, -0.25) is 34.3 Å². The third-order valence-corrected chi connectivity index (χ3v) is 12.7. The Bertz CT molecular complexity index is 2150. The van der Waals surface area contributed by atoms with Crippen LogP contribution >= 0.6 is 0 Å². The van der Waals surface area contributed by atoms with Crippen molar-refractivity contribution < 1.29 is 41.8 Å². The fourth-order valence-electron chi connectivity index (χ4n) is 9.98. The average molecular weight is 775 g/mol. The van der Waals surface area contributed by atoms with Crippen molar-refractivity contribution >= 4 is 29.3 Å².